The van der Waals surface area contributed by atoms with Crippen molar-refractivity contribution in [3.05, 3.63) is 78.4 Å². The van der Waals surface area contributed by atoms with Crippen molar-refractivity contribution in [3.8, 4) is 5.75 Å². The summed E-state index contributed by atoms with van der Waals surface area (Å²) in [6, 6.07) is 22.0. The van der Waals surface area contributed by atoms with E-state index >= 15 is 0 Å². The van der Waals surface area contributed by atoms with Gasteiger partial charge in [0, 0.05) is 11.3 Å². The second-order valence-electron chi connectivity index (χ2n) is 7.87. The van der Waals surface area contributed by atoms with Crippen LogP contribution in [0.1, 0.15) is 18.4 Å². The maximum Gasteiger partial charge on any atom is 0.229 e. The van der Waals surface area contributed by atoms with Crippen LogP contribution in [0.2, 0.25) is 0 Å². The highest BCUT2D eigenvalue weighted by Crippen LogP contribution is 2.35. The molecular weight excluding hydrogens is 500 g/mol. The van der Waals surface area contributed by atoms with Crippen LogP contribution < -0.4 is 9.64 Å². The van der Waals surface area contributed by atoms with E-state index in [9.17, 15) is 13.2 Å². The molecule has 0 saturated heterocycles. The predicted molar refractivity (Wildman–Crippen MR) is 143 cm³/mol. The van der Waals surface area contributed by atoms with E-state index in [2.05, 4.69) is 0 Å². The Morgan fingerprint density at radius 3 is 2.46 bits per heavy atom. The fourth-order valence-corrected chi connectivity index (χ4v) is 6.62. The third-order valence-corrected chi connectivity index (χ3v) is 9.16. The zero-order valence-corrected chi connectivity index (χ0v) is 22.0. The van der Waals surface area contributed by atoms with Crippen molar-refractivity contribution < 1.29 is 17.9 Å². The molecule has 35 heavy (non-hydrogen) atoms. The minimum absolute atomic E-state index is 0.105. The summed E-state index contributed by atoms with van der Waals surface area (Å²) in [6.45, 7) is 0.374. The van der Waals surface area contributed by atoms with Gasteiger partial charge in [0.2, 0.25) is 5.91 Å². The monoisotopic (exact) mass is 526 g/mol. The van der Waals surface area contributed by atoms with Gasteiger partial charge in [0.1, 0.15) is 5.75 Å². The van der Waals surface area contributed by atoms with E-state index < -0.39 is 9.84 Å². The predicted octanol–water partition coefficient (Wildman–Crippen LogP) is 5.81. The van der Waals surface area contributed by atoms with E-state index in [1.807, 2.05) is 54.8 Å². The summed E-state index contributed by atoms with van der Waals surface area (Å²) in [6.07, 6.45) is 2.33. The minimum Gasteiger partial charge on any atom is -0.497 e. The first-order valence-corrected chi connectivity index (χ1v) is 14.8. The number of para-hydroxylation sites is 1. The highest BCUT2D eigenvalue weighted by Gasteiger charge is 2.22. The maximum absolute atomic E-state index is 13.4. The summed E-state index contributed by atoms with van der Waals surface area (Å²) < 4.78 is 31.6. The third kappa shape index (κ3) is 6.04. The number of anilines is 1. The standard InChI is InChI=1S/C26H26N2O4S3/c1-32-20-13-15-21(16-14-20)35(30,31)17-7-12-24(29)28(18-19-8-4-3-5-9-19)26-27-25-22(33-2)10-6-11-23(25)34-26/h3-6,8-11,13-16H,7,12,17-18H2,1-2H3. The molecule has 0 N–H and O–H groups in total. The van der Waals surface area contributed by atoms with Gasteiger partial charge in [-0.15, -0.1) is 11.8 Å². The summed E-state index contributed by atoms with van der Waals surface area (Å²) in [7, 11) is -1.97. The first-order valence-electron chi connectivity index (χ1n) is 11.1. The molecule has 0 unspecified atom stereocenters. The number of thiazole rings is 1. The summed E-state index contributed by atoms with van der Waals surface area (Å²) in [5.74, 6) is 0.334. The van der Waals surface area contributed by atoms with Crippen molar-refractivity contribution >= 4 is 54.2 Å². The lowest BCUT2D eigenvalue weighted by Crippen LogP contribution is -2.30. The first kappa shape index (κ1) is 25.2. The highest BCUT2D eigenvalue weighted by atomic mass is 32.2. The van der Waals surface area contributed by atoms with Crippen LogP contribution in [0.5, 0.6) is 5.75 Å². The van der Waals surface area contributed by atoms with Gasteiger partial charge in [-0.25, -0.2) is 13.4 Å². The molecule has 9 heteroatoms. The van der Waals surface area contributed by atoms with Crippen LogP contribution in [-0.4, -0.2) is 38.4 Å². The second kappa shape index (κ2) is 11.2. The Balaban J connectivity index is 1.52. The molecule has 182 valence electrons. The Morgan fingerprint density at radius 2 is 1.77 bits per heavy atom. The number of sulfone groups is 1. The van der Waals surface area contributed by atoms with Gasteiger partial charge in [-0.05, 0) is 54.6 Å². The van der Waals surface area contributed by atoms with Crippen molar-refractivity contribution in [3.63, 3.8) is 0 Å². The molecule has 6 nitrogen and oxygen atoms in total. The first-order chi connectivity index (χ1) is 16.9. The summed E-state index contributed by atoms with van der Waals surface area (Å²) in [5, 5.41) is 0.619. The van der Waals surface area contributed by atoms with Crippen LogP contribution in [-0.2, 0) is 21.2 Å². The van der Waals surface area contributed by atoms with Crippen LogP contribution in [0.15, 0.2) is 82.6 Å². The number of ether oxygens (including phenoxy) is 1. The fourth-order valence-electron chi connectivity index (χ4n) is 3.67. The normalized spacial score (nSPS) is 11.5. The van der Waals surface area contributed by atoms with Gasteiger partial charge in [0.05, 0.1) is 34.5 Å². The number of rotatable bonds is 10. The number of carbonyl (C=O) groups excluding carboxylic acids is 1. The van der Waals surface area contributed by atoms with Crippen molar-refractivity contribution in [1.82, 2.24) is 4.98 Å². The van der Waals surface area contributed by atoms with E-state index in [-0.39, 0.29) is 29.4 Å². The fraction of sp³-hybridized carbons (Fsp3) is 0.231. The van der Waals surface area contributed by atoms with Gasteiger partial charge >= 0.3 is 0 Å². The Labute approximate surface area is 213 Å². The van der Waals surface area contributed by atoms with Crippen molar-refractivity contribution in [2.24, 2.45) is 0 Å². The average Bonchev–Trinajstić information content (AvgIpc) is 3.32. The number of amides is 1. The Morgan fingerprint density at radius 1 is 1.03 bits per heavy atom. The molecule has 4 rings (SSSR count). The lowest BCUT2D eigenvalue weighted by atomic mass is 10.2. The molecule has 0 aliphatic heterocycles. The maximum atomic E-state index is 13.4. The molecule has 1 amide bonds. The van der Waals surface area contributed by atoms with Crippen LogP contribution in [0.4, 0.5) is 5.13 Å². The molecule has 0 bridgehead atoms. The number of carbonyl (C=O) groups is 1. The van der Waals surface area contributed by atoms with E-state index in [1.165, 1.54) is 30.6 Å². The lowest BCUT2D eigenvalue weighted by molar-refractivity contribution is -0.118. The van der Waals surface area contributed by atoms with Crippen molar-refractivity contribution in [1.29, 1.82) is 0 Å². The highest BCUT2D eigenvalue weighted by molar-refractivity contribution is 7.98. The van der Waals surface area contributed by atoms with Crippen LogP contribution in [0.3, 0.4) is 0 Å². The molecular formula is C26H26N2O4S3. The van der Waals surface area contributed by atoms with E-state index in [0.717, 1.165) is 20.7 Å². The average molecular weight is 527 g/mol. The number of hydrogen-bond acceptors (Lipinski definition) is 7. The van der Waals surface area contributed by atoms with E-state index in [0.29, 0.717) is 17.4 Å². The van der Waals surface area contributed by atoms with Gasteiger partial charge in [-0.2, -0.15) is 0 Å². The number of thioether (sulfide) groups is 1. The van der Waals surface area contributed by atoms with Crippen LogP contribution in [0.25, 0.3) is 10.2 Å². The number of methoxy groups -OCH3 is 1. The molecule has 0 radical (unpaired) electrons. The summed E-state index contributed by atoms with van der Waals surface area (Å²) >= 11 is 3.09. The second-order valence-corrected chi connectivity index (χ2v) is 11.8. The minimum atomic E-state index is -3.50. The number of hydrogen-bond donors (Lipinski definition) is 0. The summed E-state index contributed by atoms with van der Waals surface area (Å²) in [5.41, 5.74) is 1.86. The number of aromatic nitrogens is 1. The lowest BCUT2D eigenvalue weighted by Gasteiger charge is -2.20. The quantitative estimate of drug-likeness (QED) is 0.243. The molecule has 3 aromatic carbocycles. The van der Waals surface area contributed by atoms with Crippen molar-refractivity contribution in [2.75, 3.05) is 24.0 Å². The topological polar surface area (TPSA) is 76.6 Å². The third-order valence-electron chi connectivity index (χ3n) is 5.53. The molecule has 0 fully saturated rings. The largest absolute Gasteiger partial charge is 0.497 e. The van der Waals surface area contributed by atoms with Gasteiger partial charge < -0.3 is 4.74 Å². The van der Waals surface area contributed by atoms with E-state index in [1.54, 1.807) is 28.8 Å². The Kier molecular flexibility index (Phi) is 8.10. The number of fused-ring (bicyclic) bond motifs is 1. The molecule has 0 aliphatic rings. The Bertz CT molecular complexity index is 1400. The van der Waals surface area contributed by atoms with Gasteiger partial charge in [-0.1, -0.05) is 47.7 Å². The van der Waals surface area contributed by atoms with Gasteiger partial charge in [0.15, 0.2) is 15.0 Å². The molecule has 4 aromatic rings. The molecule has 0 atom stereocenters. The molecule has 0 spiro atoms. The molecule has 1 aromatic heterocycles. The number of nitrogens with zero attached hydrogens (tertiary/aromatic N) is 2. The molecule has 0 saturated carbocycles. The van der Waals surface area contributed by atoms with Gasteiger partial charge in [0.25, 0.3) is 0 Å². The Hall–Kier alpha value is -2.88. The molecule has 0 aliphatic carbocycles. The van der Waals surface area contributed by atoms with Crippen molar-refractivity contribution in [2.45, 2.75) is 29.2 Å². The smallest absolute Gasteiger partial charge is 0.229 e. The van der Waals surface area contributed by atoms with Gasteiger partial charge in [-0.3, -0.25) is 9.69 Å². The SMILES string of the molecule is COc1ccc(S(=O)(=O)CCCC(=O)N(Cc2ccccc2)c2nc3c(SC)cccc3s2)cc1. The zero-order valence-electron chi connectivity index (χ0n) is 19.5. The van der Waals surface area contributed by atoms with E-state index in [4.69, 9.17) is 9.72 Å². The van der Waals surface area contributed by atoms with Crippen LogP contribution >= 0.6 is 23.1 Å². The molecule has 1 heterocycles. The number of benzene rings is 3. The zero-order chi connectivity index (χ0) is 24.8. The van der Waals surface area contributed by atoms with Crippen LogP contribution in [0, 0.1) is 0 Å². The summed E-state index contributed by atoms with van der Waals surface area (Å²) in [4.78, 5) is 21.1.